The molecule has 5 amide bonds. The number of amides is 5. The van der Waals surface area contributed by atoms with Crippen LogP contribution in [0.2, 0.25) is 0 Å². The molecule has 0 atom stereocenters. The Morgan fingerprint density at radius 1 is 1.15 bits per heavy atom. The predicted octanol–water partition coefficient (Wildman–Crippen LogP) is 0.614. The minimum absolute atomic E-state index is 0.0247. The van der Waals surface area contributed by atoms with Gasteiger partial charge in [-0.25, -0.2) is 4.79 Å². The van der Waals surface area contributed by atoms with Gasteiger partial charge in [-0.1, -0.05) is 6.92 Å². The summed E-state index contributed by atoms with van der Waals surface area (Å²) < 4.78 is 0. The number of urea groups is 1. The van der Waals surface area contributed by atoms with Gasteiger partial charge >= 0.3 is 6.03 Å². The van der Waals surface area contributed by atoms with E-state index in [2.05, 4.69) is 17.6 Å². The highest BCUT2D eigenvalue weighted by molar-refractivity contribution is 6.09. The highest BCUT2D eigenvalue weighted by Gasteiger charge is 2.52. The van der Waals surface area contributed by atoms with E-state index >= 15 is 0 Å². The van der Waals surface area contributed by atoms with Crippen molar-refractivity contribution in [3.05, 3.63) is 0 Å². The fraction of sp³-hybridized carbons (Fsp3) is 0.778. The smallest absolute Gasteiger partial charge is 0.325 e. The Morgan fingerprint density at radius 3 is 2.35 bits per heavy atom. The number of hydrogen-bond donors (Lipinski definition) is 2. The van der Waals surface area contributed by atoms with Crippen LogP contribution in [0.15, 0.2) is 0 Å². The Hall–Kier alpha value is -2.12. The van der Waals surface area contributed by atoms with Gasteiger partial charge in [0.2, 0.25) is 11.8 Å². The zero-order valence-electron chi connectivity index (χ0n) is 15.5. The molecule has 0 radical (unpaired) electrons. The summed E-state index contributed by atoms with van der Waals surface area (Å²) >= 11 is 0. The van der Waals surface area contributed by atoms with Crippen molar-refractivity contribution in [2.24, 2.45) is 5.92 Å². The maximum atomic E-state index is 12.8. The third-order valence-electron chi connectivity index (χ3n) is 5.98. The lowest BCUT2D eigenvalue weighted by atomic mass is 9.77. The maximum Gasteiger partial charge on any atom is 0.325 e. The van der Waals surface area contributed by atoms with E-state index in [0.29, 0.717) is 44.7 Å². The van der Waals surface area contributed by atoms with Gasteiger partial charge in [-0.3, -0.25) is 19.3 Å². The fourth-order valence-corrected chi connectivity index (χ4v) is 4.17. The number of rotatable bonds is 3. The summed E-state index contributed by atoms with van der Waals surface area (Å²) in [5.41, 5.74) is -0.809. The normalized spacial score (nSPS) is 29.8. The summed E-state index contributed by atoms with van der Waals surface area (Å²) in [7, 11) is 0. The lowest BCUT2D eigenvalue weighted by Gasteiger charge is -2.33. The Kier molecular flexibility index (Phi) is 5.20. The quantitative estimate of drug-likeness (QED) is 0.717. The maximum absolute atomic E-state index is 12.8. The fourth-order valence-electron chi connectivity index (χ4n) is 4.17. The highest BCUT2D eigenvalue weighted by Crippen LogP contribution is 2.36. The van der Waals surface area contributed by atoms with Gasteiger partial charge in [0.05, 0.1) is 0 Å². The summed E-state index contributed by atoms with van der Waals surface area (Å²) in [6.45, 7) is 4.68. The predicted molar refractivity (Wildman–Crippen MR) is 94.0 cm³/mol. The summed E-state index contributed by atoms with van der Waals surface area (Å²) in [4.78, 5) is 51.5. The summed E-state index contributed by atoms with van der Waals surface area (Å²) in [6, 6.07) is -0.491. The number of nitrogens with one attached hydrogen (secondary N) is 2. The van der Waals surface area contributed by atoms with Crippen molar-refractivity contribution < 1.29 is 19.2 Å². The van der Waals surface area contributed by atoms with Crippen molar-refractivity contribution in [3.63, 3.8) is 0 Å². The molecule has 2 heterocycles. The van der Waals surface area contributed by atoms with E-state index in [9.17, 15) is 19.2 Å². The largest absolute Gasteiger partial charge is 0.352 e. The van der Waals surface area contributed by atoms with Crippen molar-refractivity contribution in [1.29, 1.82) is 0 Å². The van der Waals surface area contributed by atoms with Crippen molar-refractivity contribution in [2.45, 2.75) is 64.0 Å². The Labute approximate surface area is 153 Å². The van der Waals surface area contributed by atoms with E-state index in [1.807, 2.05) is 0 Å². The first-order chi connectivity index (χ1) is 12.3. The minimum Gasteiger partial charge on any atom is -0.352 e. The molecule has 0 aromatic heterocycles. The van der Waals surface area contributed by atoms with Crippen LogP contribution in [0.1, 0.15) is 52.4 Å². The number of imide groups is 1. The molecule has 3 fully saturated rings. The molecule has 2 N–H and O–H groups in total. The van der Waals surface area contributed by atoms with Crippen LogP contribution in [0, 0.1) is 5.92 Å². The van der Waals surface area contributed by atoms with Gasteiger partial charge in [-0.15, -0.1) is 0 Å². The van der Waals surface area contributed by atoms with Crippen LogP contribution >= 0.6 is 0 Å². The highest BCUT2D eigenvalue weighted by atomic mass is 16.2. The number of hydrogen-bond acceptors (Lipinski definition) is 4. The van der Waals surface area contributed by atoms with Crippen molar-refractivity contribution >= 4 is 23.8 Å². The molecule has 1 aliphatic carbocycles. The zero-order chi connectivity index (χ0) is 18.9. The van der Waals surface area contributed by atoms with Crippen LogP contribution in [0.4, 0.5) is 4.79 Å². The molecule has 0 unspecified atom stereocenters. The van der Waals surface area contributed by atoms with Gasteiger partial charge in [0.15, 0.2) is 0 Å². The number of likely N-dealkylation sites (tertiary alicyclic amines) is 1. The van der Waals surface area contributed by atoms with Crippen molar-refractivity contribution in [1.82, 2.24) is 20.4 Å². The topological polar surface area (TPSA) is 98.8 Å². The number of carbonyl (C=O) groups excluding carboxylic acids is 4. The molecule has 2 saturated heterocycles. The number of piperidine rings is 1. The van der Waals surface area contributed by atoms with Crippen LogP contribution < -0.4 is 10.6 Å². The van der Waals surface area contributed by atoms with Crippen LogP contribution in [0.5, 0.6) is 0 Å². The molecule has 8 nitrogen and oxygen atoms in total. The molecule has 3 aliphatic rings. The average Bonchev–Trinajstić information content (AvgIpc) is 2.82. The molecule has 1 spiro atoms. The van der Waals surface area contributed by atoms with Gasteiger partial charge in [0.1, 0.15) is 12.1 Å². The van der Waals surface area contributed by atoms with Gasteiger partial charge < -0.3 is 15.5 Å². The second-order valence-electron chi connectivity index (χ2n) is 7.93. The molecule has 144 valence electrons. The number of carbonyl (C=O) groups is 4. The molecule has 3 rings (SSSR count). The molecule has 1 saturated carbocycles. The Balaban J connectivity index is 1.52. The first-order valence-electron chi connectivity index (χ1n) is 9.50. The Bertz CT molecular complexity index is 604. The van der Waals surface area contributed by atoms with E-state index in [0.717, 1.165) is 17.7 Å². The van der Waals surface area contributed by atoms with E-state index in [4.69, 9.17) is 0 Å². The summed E-state index contributed by atoms with van der Waals surface area (Å²) in [5, 5.41) is 5.72. The lowest BCUT2D eigenvalue weighted by molar-refractivity contribution is -0.136. The molecule has 0 aromatic carbocycles. The second kappa shape index (κ2) is 7.25. The molecule has 2 aliphatic heterocycles. The summed E-state index contributed by atoms with van der Waals surface area (Å²) in [6.07, 6.45) is 4.46. The second-order valence-corrected chi connectivity index (χ2v) is 7.93. The van der Waals surface area contributed by atoms with Crippen LogP contribution in [-0.2, 0) is 14.4 Å². The first kappa shape index (κ1) is 18.7. The average molecular weight is 364 g/mol. The third kappa shape index (κ3) is 3.68. The van der Waals surface area contributed by atoms with E-state index < -0.39 is 11.6 Å². The standard InChI is InChI=1S/C18H28N4O4/c1-12-3-7-18(8-4-12)16(25)22(17(26)20-18)11-15(24)19-14-5-9-21(10-6-14)13(2)23/h12,14H,3-11H2,1-2H3,(H,19,24)(H,20,26). The van der Waals surface area contributed by atoms with Gasteiger partial charge in [-0.2, -0.15) is 0 Å². The molecular weight excluding hydrogens is 336 g/mol. The van der Waals surface area contributed by atoms with Crippen molar-refractivity contribution in [2.75, 3.05) is 19.6 Å². The minimum atomic E-state index is -0.809. The van der Waals surface area contributed by atoms with Gasteiger partial charge in [0, 0.05) is 26.1 Å². The first-order valence-corrected chi connectivity index (χ1v) is 9.50. The lowest BCUT2D eigenvalue weighted by Crippen LogP contribution is -2.51. The van der Waals surface area contributed by atoms with Gasteiger partial charge in [0.25, 0.3) is 5.91 Å². The molecular formula is C18H28N4O4. The molecule has 0 aromatic rings. The van der Waals surface area contributed by atoms with Crippen LogP contribution in [-0.4, -0.2) is 64.8 Å². The van der Waals surface area contributed by atoms with E-state index in [1.54, 1.807) is 11.8 Å². The van der Waals surface area contributed by atoms with Crippen molar-refractivity contribution in [3.8, 4) is 0 Å². The van der Waals surface area contributed by atoms with Crippen LogP contribution in [0.25, 0.3) is 0 Å². The monoisotopic (exact) mass is 364 g/mol. The van der Waals surface area contributed by atoms with E-state index in [-0.39, 0.29) is 30.3 Å². The SMILES string of the molecule is CC(=O)N1CCC(NC(=O)CN2C(=O)NC3(CCC(C)CC3)C2=O)CC1. The van der Waals surface area contributed by atoms with Crippen LogP contribution in [0.3, 0.4) is 0 Å². The third-order valence-corrected chi connectivity index (χ3v) is 5.98. The molecule has 8 heteroatoms. The Morgan fingerprint density at radius 2 is 1.77 bits per heavy atom. The van der Waals surface area contributed by atoms with Gasteiger partial charge in [-0.05, 0) is 44.4 Å². The molecule has 26 heavy (non-hydrogen) atoms. The summed E-state index contributed by atoms with van der Waals surface area (Å²) in [5.74, 6) is 0.0108. The number of nitrogens with zero attached hydrogens (tertiary/aromatic N) is 2. The van der Waals surface area contributed by atoms with E-state index in [1.165, 1.54) is 0 Å². The zero-order valence-corrected chi connectivity index (χ0v) is 15.5. The molecule has 0 bridgehead atoms.